The predicted octanol–water partition coefficient (Wildman–Crippen LogP) is 2.74. The summed E-state index contributed by atoms with van der Waals surface area (Å²) in [5.41, 5.74) is 0.923. The number of hydrogen-bond acceptors (Lipinski definition) is 5. The van der Waals surface area contributed by atoms with Crippen molar-refractivity contribution in [1.82, 2.24) is 9.97 Å². The average Bonchev–Trinajstić information content (AvgIpc) is 3.15. The van der Waals surface area contributed by atoms with Crippen molar-refractivity contribution in [3.05, 3.63) is 48.3 Å². The second-order valence-electron chi connectivity index (χ2n) is 5.55. The quantitative estimate of drug-likeness (QED) is 0.857. The van der Waals surface area contributed by atoms with E-state index in [4.69, 9.17) is 4.74 Å². The van der Waals surface area contributed by atoms with Crippen LogP contribution in [-0.4, -0.2) is 36.1 Å². The van der Waals surface area contributed by atoms with Gasteiger partial charge in [0, 0.05) is 25.2 Å². The second-order valence-corrected chi connectivity index (χ2v) is 5.55. The Balaban J connectivity index is 1.61. The van der Waals surface area contributed by atoms with Gasteiger partial charge >= 0.3 is 0 Å². The fourth-order valence-corrected chi connectivity index (χ4v) is 2.59. The van der Waals surface area contributed by atoms with Crippen LogP contribution in [0.2, 0.25) is 0 Å². The van der Waals surface area contributed by atoms with E-state index in [-0.39, 0.29) is 5.91 Å². The van der Waals surface area contributed by atoms with E-state index in [0.29, 0.717) is 5.82 Å². The number of ether oxygens (including phenoxy) is 1. The highest BCUT2D eigenvalue weighted by Gasteiger charge is 2.14. The van der Waals surface area contributed by atoms with Crippen molar-refractivity contribution in [1.29, 1.82) is 0 Å². The number of anilines is 2. The van der Waals surface area contributed by atoms with Crippen LogP contribution in [0.1, 0.15) is 18.4 Å². The van der Waals surface area contributed by atoms with Crippen molar-refractivity contribution in [3.8, 4) is 5.75 Å². The van der Waals surface area contributed by atoms with Gasteiger partial charge in [0.15, 0.2) is 0 Å². The molecule has 2 heterocycles. The SMILES string of the molecule is COc1ccc(C=CC(=O)Nc2cc(N3CCCC3)ncn2)cc1. The van der Waals surface area contributed by atoms with Crippen LogP contribution in [0.15, 0.2) is 42.7 Å². The number of carbonyl (C=O) groups excluding carboxylic acids is 1. The molecule has 1 saturated heterocycles. The molecule has 0 unspecified atom stereocenters. The van der Waals surface area contributed by atoms with E-state index in [1.165, 1.54) is 25.2 Å². The van der Waals surface area contributed by atoms with E-state index in [0.717, 1.165) is 30.2 Å². The molecule has 0 bridgehead atoms. The standard InChI is InChI=1S/C18H20N4O2/c1-24-15-7-4-14(5-8-15)6-9-18(23)21-16-12-17(20-13-19-16)22-10-2-3-11-22/h4-9,12-13H,2-3,10-11H2,1H3,(H,19,20,21,23). The number of nitrogens with one attached hydrogen (secondary N) is 1. The highest BCUT2D eigenvalue weighted by atomic mass is 16.5. The van der Waals surface area contributed by atoms with Gasteiger partial charge < -0.3 is 15.0 Å². The Hall–Kier alpha value is -2.89. The molecule has 0 radical (unpaired) electrons. The molecular weight excluding hydrogens is 304 g/mol. The minimum absolute atomic E-state index is 0.225. The van der Waals surface area contributed by atoms with Gasteiger partial charge in [-0.15, -0.1) is 0 Å². The fourth-order valence-electron chi connectivity index (χ4n) is 2.59. The Morgan fingerprint density at radius 1 is 1.21 bits per heavy atom. The number of amides is 1. The summed E-state index contributed by atoms with van der Waals surface area (Å²) >= 11 is 0. The summed E-state index contributed by atoms with van der Waals surface area (Å²) in [5, 5.41) is 2.77. The van der Waals surface area contributed by atoms with Crippen LogP contribution < -0.4 is 15.0 Å². The highest BCUT2D eigenvalue weighted by molar-refractivity contribution is 6.01. The molecule has 1 fully saturated rings. The summed E-state index contributed by atoms with van der Waals surface area (Å²) in [6, 6.07) is 9.29. The predicted molar refractivity (Wildman–Crippen MR) is 94.1 cm³/mol. The number of rotatable bonds is 5. The lowest BCUT2D eigenvalue weighted by atomic mass is 10.2. The van der Waals surface area contributed by atoms with Gasteiger partial charge in [0.2, 0.25) is 5.91 Å². The lowest BCUT2D eigenvalue weighted by Gasteiger charge is -2.16. The first-order chi connectivity index (χ1) is 11.7. The maximum atomic E-state index is 12.0. The van der Waals surface area contributed by atoms with Gasteiger partial charge in [0.1, 0.15) is 23.7 Å². The third-order valence-corrected chi connectivity index (χ3v) is 3.88. The minimum Gasteiger partial charge on any atom is -0.497 e. The molecule has 0 aliphatic carbocycles. The number of aromatic nitrogens is 2. The van der Waals surface area contributed by atoms with E-state index in [2.05, 4.69) is 20.2 Å². The van der Waals surface area contributed by atoms with Gasteiger partial charge in [-0.1, -0.05) is 12.1 Å². The molecule has 0 saturated carbocycles. The van der Waals surface area contributed by atoms with Crippen LogP contribution in [-0.2, 0) is 4.79 Å². The zero-order valence-corrected chi connectivity index (χ0v) is 13.6. The largest absolute Gasteiger partial charge is 0.497 e. The molecule has 0 spiro atoms. The molecule has 24 heavy (non-hydrogen) atoms. The molecule has 0 atom stereocenters. The number of carbonyl (C=O) groups is 1. The normalized spacial score (nSPS) is 14.1. The van der Waals surface area contributed by atoms with Gasteiger partial charge in [0.05, 0.1) is 7.11 Å². The van der Waals surface area contributed by atoms with Crippen molar-refractivity contribution >= 4 is 23.6 Å². The minimum atomic E-state index is -0.225. The van der Waals surface area contributed by atoms with Crippen molar-refractivity contribution in [2.75, 3.05) is 30.4 Å². The van der Waals surface area contributed by atoms with E-state index < -0.39 is 0 Å². The van der Waals surface area contributed by atoms with E-state index >= 15 is 0 Å². The summed E-state index contributed by atoms with van der Waals surface area (Å²) in [5.74, 6) is 1.93. The Bertz CT molecular complexity index is 722. The number of nitrogens with zero attached hydrogens (tertiary/aromatic N) is 3. The van der Waals surface area contributed by atoms with Crippen LogP contribution >= 0.6 is 0 Å². The molecule has 1 aromatic heterocycles. The lowest BCUT2D eigenvalue weighted by molar-refractivity contribution is -0.111. The molecule has 2 aromatic rings. The summed E-state index contributed by atoms with van der Waals surface area (Å²) in [6.07, 6.45) is 7.07. The zero-order valence-electron chi connectivity index (χ0n) is 13.6. The van der Waals surface area contributed by atoms with Gasteiger partial charge in [-0.3, -0.25) is 4.79 Å². The van der Waals surface area contributed by atoms with Gasteiger partial charge in [-0.05, 0) is 36.6 Å². The lowest BCUT2D eigenvalue weighted by Crippen LogP contribution is -2.19. The van der Waals surface area contributed by atoms with Gasteiger partial charge in [-0.2, -0.15) is 0 Å². The van der Waals surface area contributed by atoms with Crippen molar-refractivity contribution < 1.29 is 9.53 Å². The third-order valence-electron chi connectivity index (χ3n) is 3.88. The molecular formula is C18H20N4O2. The summed E-state index contributed by atoms with van der Waals surface area (Å²) < 4.78 is 5.11. The Kier molecular flexibility index (Phi) is 5.05. The smallest absolute Gasteiger partial charge is 0.249 e. The first-order valence-corrected chi connectivity index (χ1v) is 7.95. The van der Waals surface area contributed by atoms with Crippen LogP contribution in [0, 0.1) is 0 Å². The zero-order chi connectivity index (χ0) is 16.8. The van der Waals surface area contributed by atoms with Gasteiger partial charge in [-0.25, -0.2) is 9.97 Å². The van der Waals surface area contributed by atoms with E-state index in [9.17, 15) is 4.79 Å². The number of hydrogen-bond donors (Lipinski definition) is 1. The van der Waals surface area contributed by atoms with Crippen LogP contribution in [0.4, 0.5) is 11.6 Å². The Morgan fingerprint density at radius 3 is 2.67 bits per heavy atom. The molecule has 124 valence electrons. The van der Waals surface area contributed by atoms with E-state index in [1.54, 1.807) is 13.2 Å². The molecule has 1 N–H and O–H groups in total. The molecule has 1 aliphatic heterocycles. The van der Waals surface area contributed by atoms with Crippen LogP contribution in [0.5, 0.6) is 5.75 Å². The molecule has 1 amide bonds. The first kappa shape index (κ1) is 16.0. The Morgan fingerprint density at radius 2 is 1.96 bits per heavy atom. The second kappa shape index (κ2) is 7.59. The third kappa shape index (κ3) is 4.10. The number of benzene rings is 1. The monoisotopic (exact) mass is 324 g/mol. The Labute approximate surface area is 141 Å². The summed E-state index contributed by atoms with van der Waals surface area (Å²) in [7, 11) is 1.62. The molecule has 6 nitrogen and oxygen atoms in total. The van der Waals surface area contributed by atoms with Crippen LogP contribution in [0.25, 0.3) is 6.08 Å². The highest BCUT2D eigenvalue weighted by Crippen LogP contribution is 2.19. The maximum absolute atomic E-state index is 12.0. The molecule has 3 rings (SSSR count). The molecule has 6 heteroatoms. The average molecular weight is 324 g/mol. The fraction of sp³-hybridized carbons (Fsp3) is 0.278. The summed E-state index contributed by atoms with van der Waals surface area (Å²) in [6.45, 7) is 2.00. The maximum Gasteiger partial charge on any atom is 0.249 e. The van der Waals surface area contributed by atoms with Gasteiger partial charge in [0.25, 0.3) is 0 Å². The van der Waals surface area contributed by atoms with Crippen molar-refractivity contribution in [2.24, 2.45) is 0 Å². The summed E-state index contributed by atoms with van der Waals surface area (Å²) in [4.78, 5) is 22.6. The number of methoxy groups -OCH3 is 1. The van der Waals surface area contributed by atoms with Crippen molar-refractivity contribution in [3.63, 3.8) is 0 Å². The first-order valence-electron chi connectivity index (χ1n) is 7.95. The van der Waals surface area contributed by atoms with E-state index in [1.807, 2.05) is 30.3 Å². The van der Waals surface area contributed by atoms with Crippen molar-refractivity contribution in [2.45, 2.75) is 12.8 Å². The molecule has 1 aromatic carbocycles. The molecule has 1 aliphatic rings. The van der Waals surface area contributed by atoms with Crippen LogP contribution in [0.3, 0.4) is 0 Å². The topological polar surface area (TPSA) is 67.3 Å².